The molecule has 2 aromatic rings. The zero-order valence-electron chi connectivity index (χ0n) is 8.15. The van der Waals surface area contributed by atoms with E-state index in [-0.39, 0.29) is 11.1 Å². The first-order valence-electron chi connectivity index (χ1n) is 4.59. The molecule has 0 aliphatic rings. The topological polar surface area (TPSA) is 30.0 Å². The van der Waals surface area contributed by atoms with Crippen molar-refractivity contribution >= 4 is 16.8 Å². The molecule has 80 valence electrons. The molecule has 1 aromatic carbocycles. The highest BCUT2D eigenvalue weighted by Gasteiger charge is 2.14. The molecular weight excluding hydrogens is 229 g/mol. The molecule has 0 aliphatic heterocycles. The van der Waals surface area contributed by atoms with Gasteiger partial charge in [-0.05, 0) is 29.8 Å². The lowest BCUT2D eigenvalue weighted by molar-refractivity contribution is 0.108. The Hall–Kier alpha value is -1.74. The summed E-state index contributed by atoms with van der Waals surface area (Å²) in [4.78, 5) is 15.1. The predicted octanol–water partition coefficient (Wildman–Crippen LogP) is 3.27. The molecular formula is C12H7ClFNO. The molecule has 0 fully saturated rings. The van der Waals surface area contributed by atoms with Crippen LogP contribution >= 0.6 is 11.6 Å². The Bertz CT molecular complexity index is 528. The SMILES string of the molecule is O=C(Cl)c1cccc(F)c1-c1cccnc1. The average Bonchev–Trinajstić information content (AvgIpc) is 2.29. The Morgan fingerprint density at radius 3 is 2.69 bits per heavy atom. The first kappa shape index (κ1) is 10.8. The van der Waals surface area contributed by atoms with Crippen molar-refractivity contribution in [3.63, 3.8) is 0 Å². The third-order valence-corrected chi connectivity index (χ3v) is 2.38. The number of aromatic nitrogens is 1. The number of nitrogens with zero attached hydrogens (tertiary/aromatic N) is 1. The standard InChI is InChI=1S/C12H7ClFNO/c13-12(16)9-4-1-5-10(14)11(9)8-3-2-6-15-7-8/h1-7H. The average molecular weight is 236 g/mol. The van der Waals surface area contributed by atoms with Crippen LogP contribution in [0, 0.1) is 5.82 Å². The first-order valence-corrected chi connectivity index (χ1v) is 4.96. The van der Waals surface area contributed by atoms with E-state index in [1.165, 1.54) is 24.4 Å². The molecule has 4 heteroatoms. The van der Waals surface area contributed by atoms with Crippen molar-refractivity contribution in [3.05, 3.63) is 54.1 Å². The minimum absolute atomic E-state index is 0.148. The summed E-state index contributed by atoms with van der Waals surface area (Å²) in [5.41, 5.74) is 0.870. The Kier molecular flexibility index (Phi) is 2.97. The second kappa shape index (κ2) is 4.41. The minimum Gasteiger partial charge on any atom is -0.276 e. The number of pyridine rings is 1. The lowest BCUT2D eigenvalue weighted by Gasteiger charge is -2.06. The van der Waals surface area contributed by atoms with Gasteiger partial charge in [0.25, 0.3) is 5.24 Å². The zero-order chi connectivity index (χ0) is 11.5. The van der Waals surface area contributed by atoms with Crippen LogP contribution in [0.15, 0.2) is 42.7 Å². The molecule has 0 aliphatic carbocycles. The van der Waals surface area contributed by atoms with E-state index in [1.54, 1.807) is 18.3 Å². The highest BCUT2D eigenvalue weighted by Crippen LogP contribution is 2.27. The van der Waals surface area contributed by atoms with Crippen molar-refractivity contribution in [3.8, 4) is 11.1 Å². The number of halogens is 2. The van der Waals surface area contributed by atoms with Gasteiger partial charge in [-0.25, -0.2) is 4.39 Å². The number of carbonyl (C=O) groups is 1. The van der Waals surface area contributed by atoms with Crippen LogP contribution in [0.25, 0.3) is 11.1 Å². The summed E-state index contributed by atoms with van der Waals surface area (Å²) in [6, 6.07) is 7.57. The van der Waals surface area contributed by atoms with Gasteiger partial charge in [-0.15, -0.1) is 0 Å². The molecule has 0 unspecified atom stereocenters. The summed E-state index contributed by atoms with van der Waals surface area (Å²) in [5, 5.41) is -0.682. The van der Waals surface area contributed by atoms with Crippen LogP contribution in [0.1, 0.15) is 10.4 Å². The molecule has 0 saturated carbocycles. The quantitative estimate of drug-likeness (QED) is 0.748. The van der Waals surface area contributed by atoms with Crippen molar-refractivity contribution < 1.29 is 9.18 Å². The maximum Gasteiger partial charge on any atom is 0.253 e. The Morgan fingerprint density at radius 1 is 1.25 bits per heavy atom. The molecule has 0 saturated heterocycles. The Morgan fingerprint density at radius 2 is 2.06 bits per heavy atom. The summed E-state index contributed by atoms with van der Waals surface area (Å²) in [5.74, 6) is -0.487. The van der Waals surface area contributed by atoms with Crippen LogP contribution in [0.3, 0.4) is 0 Å². The number of hydrogen-bond acceptors (Lipinski definition) is 2. The van der Waals surface area contributed by atoms with E-state index in [4.69, 9.17) is 11.6 Å². The molecule has 0 spiro atoms. The van der Waals surface area contributed by atoms with Crippen LogP contribution in [-0.2, 0) is 0 Å². The van der Waals surface area contributed by atoms with Crippen LogP contribution in [0.5, 0.6) is 0 Å². The lowest BCUT2D eigenvalue weighted by Crippen LogP contribution is -1.96. The molecule has 0 atom stereocenters. The first-order chi connectivity index (χ1) is 7.70. The summed E-state index contributed by atoms with van der Waals surface area (Å²) in [7, 11) is 0. The van der Waals surface area contributed by atoms with Crippen molar-refractivity contribution in [2.24, 2.45) is 0 Å². The number of benzene rings is 1. The Balaban J connectivity index is 2.68. The molecule has 0 bridgehead atoms. The normalized spacial score (nSPS) is 10.1. The highest BCUT2D eigenvalue weighted by atomic mass is 35.5. The zero-order valence-corrected chi connectivity index (χ0v) is 8.91. The molecule has 0 N–H and O–H groups in total. The van der Waals surface area contributed by atoms with E-state index in [1.807, 2.05) is 0 Å². The van der Waals surface area contributed by atoms with Crippen LogP contribution in [-0.4, -0.2) is 10.2 Å². The van der Waals surface area contributed by atoms with Gasteiger partial charge in [0.2, 0.25) is 0 Å². The second-order valence-corrected chi connectivity index (χ2v) is 3.52. The van der Waals surface area contributed by atoms with Crippen molar-refractivity contribution in [1.82, 2.24) is 4.98 Å². The van der Waals surface area contributed by atoms with Gasteiger partial charge in [0.15, 0.2) is 0 Å². The van der Waals surface area contributed by atoms with E-state index in [0.29, 0.717) is 5.56 Å². The molecule has 16 heavy (non-hydrogen) atoms. The van der Waals surface area contributed by atoms with Crippen molar-refractivity contribution in [2.75, 3.05) is 0 Å². The largest absolute Gasteiger partial charge is 0.276 e. The molecule has 0 amide bonds. The summed E-state index contributed by atoms with van der Waals surface area (Å²) in [6.45, 7) is 0. The second-order valence-electron chi connectivity index (χ2n) is 3.18. The predicted molar refractivity (Wildman–Crippen MR) is 59.8 cm³/mol. The Labute approximate surface area is 96.7 Å². The van der Waals surface area contributed by atoms with E-state index in [2.05, 4.69) is 4.98 Å². The smallest absolute Gasteiger partial charge is 0.253 e. The van der Waals surface area contributed by atoms with E-state index in [9.17, 15) is 9.18 Å². The van der Waals surface area contributed by atoms with Gasteiger partial charge in [-0.3, -0.25) is 9.78 Å². The highest BCUT2D eigenvalue weighted by molar-refractivity contribution is 6.68. The van der Waals surface area contributed by atoms with Gasteiger partial charge in [-0.2, -0.15) is 0 Å². The van der Waals surface area contributed by atoms with Crippen LogP contribution < -0.4 is 0 Å². The maximum absolute atomic E-state index is 13.7. The molecule has 1 heterocycles. The minimum atomic E-state index is -0.682. The van der Waals surface area contributed by atoms with Gasteiger partial charge in [0.1, 0.15) is 5.82 Å². The maximum atomic E-state index is 13.7. The van der Waals surface area contributed by atoms with Crippen molar-refractivity contribution in [2.45, 2.75) is 0 Å². The van der Waals surface area contributed by atoms with Gasteiger partial charge in [-0.1, -0.05) is 12.1 Å². The number of rotatable bonds is 2. The van der Waals surface area contributed by atoms with E-state index < -0.39 is 11.1 Å². The monoisotopic (exact) mass is 235 g/mol. The third-order valence-electron chi connectivity index (χ3n) is 2.18. The van der Waals surface area contributed by atoms with Crippen LogP contribution in [0.2, 0.25) is 0 Å². The molecule has 1 aromatic heterocycles. The fraction of sp³-hybridized carbons (Fsp3) is 0. The van der Waals surface area contributed by atoms with Gasteiger partial charge >= 0.3 is 0 Å². The number of carbonyl (C=O) groups excluding carboxylic acids is 1. The summed E-state index contributed by atoms with van der Waals surface area (Å²) >= 11 is 5.40. The third kappa shape index (κ3) is 1.95. The summed E-state index contributed by atoms with van der Waals surface area (Å²) in [6.07, 6.45) is 3.06. The fourth-order valence-electron chi connectivity index (χ4n) is 1.49. The van der Waals surface area contributed by atoms with Gasteiger partial charge in [0, 0.05) is 29.1 Å². The lowest BCUT2D eigenvalue weighted by atomic mass is 10.0. The van der Waals surface area contributed by atoms with Gasteiger partial charge in [0.05, 0.1) is 0 Å². The van der Waals surface area contributed by atoms with Crippen molar-refractivity contribution in [1.29, 1.82) is 0 Å². The molecule has 2 rings (SSSR count). The number of hydrogen-bond donors (Lipinski definition) is 0. The van der Waals surface area contributed by atoms with Crippen LogP contribution in [0.4, 0.5) is 4.39 Å². The van der Waals surface area contributed by atoms with Gasteiger partial charge < -0.3 is 0 Å². The van der Waals surface area contributed by atoms with E-state index in [0.717, 1.165) is 0 Å². The molecule has 0 radical (unpaired) electrons. The summed E-state index contributed by atoms with van der Waals surface area (Å²) < 4.78 is 13.7. The van der Waals surface area contributed by atoms with E-state index >= 15 is 0 Å². The fourth-order valence-corrected chi connectivity index (χ4v) is 1.65. The molecule has 2 nitrogen and oxygen atoms in total.